The molecule has 0 heterocycles. The van der Waals surface area contributed by atoms with Gasteiger partial charge in [-0.1, -0.05) is 26.0 Å². The number of aromatic hydroxyl groups is 1. The van der Waals surface area contributed by atoms with Gasteiger partial charge in [-0.15, -0.1) is 0 Å². The van der Waals surface area contributed by atoms with Crippen molar-refractivity contribution in [2.75, 3.05) is 18.4 Å². The van der Waals surface area contributed by atoms with Crippen molar-refractivity contribution in [1.29, 1.82) is 0 Å². The molecular formula is C21H28N2O5S. The number of hydrogen-bond donors (Lipinski definition) is 2. The molecule has 0 aliphatic carbocycles. The fourth-order valence-corrected chi connectivity index (χ4v) is 4.30. The normalized spacial score (nSPS) is 12.6. The zero-order valence-corrected chi connectivity index (χ0v) is 18.2. The molecule has 2 rings (SSSR count). The van der Waals surface area contributed by atoms with Gasteiger partial charge in [0.05, 0.1) is 10.6 Å². The average molecular weight is 421 g/mol. The summed E-state index contributed by atoms with van der Waals surface area (Å²) < 4.78 is 32.4. The maximum absolute atomic E-state index is 12.7. The minimum atomic E-state index is -3.72. The van der Waals surface area contributed by atoms with Crippen molar-refractivity contribution in [2.24, 2.45) is 0 Å². The second kappa shape index (κ2) is 9.28. The molecule has 0 fully saturated rings. The standard InChI is InChI=1S/C21H28N2O5S/c1-6-23(7-2)29(26,27)17-11-12-19(24)18(13-17)22-21(25)16(5)28-20-10-8-9-14(3)15(20)4/h8-13,16,24H,6-7H2,1-5H3,(H,22,25)/t16-/m1/s1. The first-order chi connectivity index (χ1) is 13.6. The Hall–Kier alpha value is -2.58. The van der Waals surface area contributed by atoms with Crippen LogP contribution < -0.4 is 10.1 Å². The van der Waals surface area contributed by atoms with E-state index < -0.39 is 22.0 Å². The first kappa shape index (κ1) is 22.7. The van der Waals surface area contributed by atoms with Crippen molar-refractivity contribution in [3.63, 3.8) is 0 Å². The monoisotopic (exact) mass is 420 g/mol. The highest BCUT2D eigenvalue weighted by Crippen LogP contribution is 2.28. The third-order valence-corrected chi connectivity index (χ3v) is 6.84. The van der Waals surface area contributed by atoms with E-state index in [0.717, 1.165) is 11.1 Å². The molecule has 0 spiro atoms. The highest BCUT2D eigenvalue weighted by Gasteiger charge is 2.24. The summed E-state index contributed by atoms with van der Waals surface area (Å²) in [6.45, 7) is 9.58. The van der Waals surface area contributed by atoms with Crippen LogP contribution in [0.4, 0.5) is 5.69 Å². The summed E-state index contributed by atoms with van der Waals surface area (Å²) >= 11 is 0. The van der Waals surface area contributed by atoms with Crippen molar-refractivity contribution >= 4 is 21.6 Å². The first-order valence-electron chi connectivity index (χ1n) is 9.48. The van der Waals surface area contributed by atoms with Gasteiger partial charge in [0.1, 0.15) is 11.5 Å². The van der Waals surface area contributed by atoms with Crippen LogP contribution in [0.25, 0.3) is 0 Å². The number of nitrogens with one attached hydrogen (secondary N) is 1. The van der Waals surface area contributed by atoms with Crippen LogP contribution in [0.3, 0.4) is 0 Å². The number of sulfonamides is 1. The van der Waals surface area contributed by atoms with Gasteiger partial charge in [-0.2, -0.15) is 4.31 Å². The van der Waals surface area contributed by atoms with Crippen LogP contribution in [0.1, 0.15) is 31.9 Å². The molecule has 7 nitrogen and oxygen atoms in total. The smallest absolute Gasteiger partial charge is 0.265 e. The predicted molar refractivity (Wildman–Crippen MR) is 113 cm³/mol. The van der Waals surface area contributed by atoms with Crippen LogP contribution in [0.15, 0.2) is 41.3 Å². The lowest BCUT2D eigenvalue weighted by molar-refractivity contribution is -0.122. The Labute approximate surface area is 172 Å². The van der Waals surface area contributed by atoms with E-state index in [1.807, 2.05) is 26.0 Å². The number of amides is 1. The molecule has 1 amide bonds. The number of rotatable bonds is 8. The van der Waals surface area contributed by atoms with Crippen molar-refractivity contribution in [3.8, 4) is 11.5 Å². The van der Waals surface area contributed by atoms with E-state index in [-0.39, 0.29) is 16.3 Å². The first-order valence-corrected chi connectivity index (χ1v) is 10.9. The van der Waals surface area contributed by atoms with Crippen LogP contribution in [0, 0.1) is 13.8 Å². The van der Waals surface area contributed by atoms with Crippen molar-refractivity contribution in [3.05, 3.63) is 47.5 Å². The van der Waals surface area contributed by atoms with Crippen LogP contribution in [0.2, 0.25) is 0 Å². The van der Waals surface area contributed by atoms with Gasteiger partial charge in [0.15, 0.2) is 6.10 Å². The predicted octanol–water partition coefficient (Wildman–Crippen LogP) is 3.45. The van der Waals surface area contributed by atoms with Gasteiger partial charge in [0.25, 0.3) is 5.91 Å². The van der Waals surface area contributed by atoms with Crippen molar-refractivity contribution in [2.45, 2.75) is 45.6 Å². The van der Waals surface area contributed by atoms with Gasteiger partial charge in [-0.25, -0.2) is 8.42 Å². The maximum Gasteiger partial charge on any atom is 0.265 e. The highest BCUT2D eigenvalue weighted by atomic mass is 32.2. The zero-order valence-electron chi connectivity index (χ0n) is 17.4. The molecular weight excluding hydrogens is 392 g/mol. The molecule has 0 aromatic heterocycles. The molecule has 0 saturated heterocycles. The van der Waals surface area contributed by atoms with Crippen LogP contribution in [-0.2, 0) is 14.8 Å². The number of nitrogens with zero attached hydrogens (tertiary/aromatic N) is 1. The molecule has 2 aromatic carbocycles. The molecule has 0 aliphatic rings. The van der Waals surface area contributed by atoms with E-state index in [1.165, 1.54) is 22.5 Å². The number of anilines is 1. The number of carbonyl (C=O) groups is 1. The summed E-state index contributed by atoms with van der Waals surface area (Å²) in [5.74, 6) is -0.135. The van der Waals surface area contributed by atoms with E-state index in [2.05, 4.69) is 5.32 Å². The second-order valence-electron chi connectivity index (χ2n) is 6.72. The Bertz CT molecular complexity index is 985. The molecule has 0 saturated carbocycles. The lowest BCUT2D eigenvalue weighted by Crippen LogP contribution is -2.31. The van der Waals surface area contributed by atoms with E-state index >= 15 is 0 Å². The summed E-state index contributed by atoms with van der Waals surface area (Å²) in [7, 11) is -3.72. The Morgan fingerprint density at radius 1 is 1.17 bits per heavy atom. The summed E-state index contributed by atoms with van der Waals surface area (Å²) in [5.41, 5.74) is 1.99. The van der Waals surface area contributed by atoms with E-state index in [9.17, 15) is 18.3 Å². The molecule has 158 valence electrons. The number of benzene rings is 2. The maximum atomic E-state index is 12.7. The lowest BCUT2D eigenvalue weighted by Gasteiger charge is -2.20. The van der Waals surface area contributed by atoms with Gasteiger partial charge in [0, 0.05) is 13.1 Å². The summed E-state index contributed by atoms with van der Waals surface area (Å²) in [5, 5.41) is 12.6. The number of carbonyl (C=O) groups excluding carboxylic acids is 1. The Balaban J connectivity index is 2.22. The molecule has 1 atom stereocenters. The Morgan fingerprint density at radius 3 is 2.45 bits per heavy atom. The largest absolute Gasteiger partial charge is 0.506 e. The van der Waals surface area contributed by atoms with Crippen molar-refractivity contribution in [1.82, 2.24) is 4.31 Å². The Kier molecular flexibility index (Phi) is 7.26. The third kappa shape index (κ3) is 5.07. The van der Waals surface area contributed by atoms with Crippen molar-refractivity contribution < 1.29 is 23.1 Å². The number of phenolic OH excluding ortho intramolecular Hbond substituents is 1. The van der Waals surface area contributed by atoms with Gasteiger partial charge in [-0.05, 0) is 56.2 Å². The fraction of sp³-hybridized carbons (Fsp3) is 0.381. The molecule has 0 unspecified atom stereocenters. The molecule has 0 bridgehead atoms. The average Bonchev–Trinajstić information content (AvgIpc) is 2.67. The van der Waals surface area contributed by atoms with E-state index in [4.69, 9.17) is 4.74 Å². The van der Waals surface area contributed by atoms with Gasteiger partial charge in [0.2, 0.25) is 10.0 Å². The van der Waals surface area contributed by atoms with Gasteiger partial charge >= 0.3 is 0 Å². The molecule has 0 aliphatic heterocycles. The van der Waals surface area contributed by atoms with Crippen LogP contribution in [0.5, 0.6) is 11.5 Å². The highest BCUT2D eigenvalue weighted by molar-refractivity contribution is 7.89. The van der Waals surface area contributed by atoms with Gasteiger partial charge in [-0.3, -0.25) is 4.79 Å². The quantitative estimate of drug-likeness (QED) is 0.638. The minimum Gasteiger partial charge on any atom is -0.506 e. The number of hydrogen-bond acceptors (Lipinski definition) is 5. The number of phenols is 1. The Morgan fingerprint density at radius 2 is 1.83 bits per heavy atom. The lowest BCUT2D eigenvalue weighted by atomic mass is 10.1. The number of ether oxygens (including phenoxy) is 1. The van der Waals surface area contributed by atoms with E-state index in [0.29, 0.717) is 18.8 Å². The summed E-state index contributed by atoms with van der Waals surface area (Å²) in [6.07, 6.45) is -0.849. The topological polar surface area (TPSA) is 95.9 Å². The molecule has 0 radical (unpaired) electrons. The molecule has 29 heavy (non-hydrogen) atoms. The second-order valence-corrected chi connectivity index (χ2v) is 8.65. The van der Waals surface area contributed by atoms with Crippen LogP contribution >= 0.6 is 0 Å². The number of aryl methyl sites for hydroxylation is 1. The third-order valence-electron chi connectivity index (χ3n) is 4.80. The molecule has 8 heteroatoms. The van der Waals surface area contributed by atoms with Crippen LogP contribution in [-0.4, -0.2) is 42.9 Å². The fourth-order valence-electron chi connectivity index (χ4n) is 2.82. The summed E-state index contributed by atoms with van der Waals surface area (Å²) in [4.78, 5) is 12.6. The zero-order chi connectivity index (χ0) is 21.8. The summed E-state index contributed by atoms with van der Waals surface area (Å²) in [6, 6.07) is 9.39. The minimum absolute atomic E-state index is 0.00241. The van der Waals surface area contributed by atoms with Gasteiger partial charge < -0.3 is 15.2 Å². The SMILES string of the molecule is CCN(CC)S(=O)(=O)c1ccc(O)c(NC(=O)[C@@H](C)Oc2cccc(C)c2C)c1. The molecule has 2 N–H and O–H groups in total. The molecule has 2 aromatic rings. The van der Waals surface area contributed by atoms with E-state index in [1.54, 1.807) is 26.8 Å².